The molecule has 0 atom stereocenters. The van der Waals surface area contributed by atoms with Gasteiger partial charge in [0.25, 0.3) is 0 Å². The fraction of sp³-hybridized carbons (Fsp3) is 0.727. The minimum absolute atomic E-state index is 0.0278. The molecule has 1 aromatic heterocycles. The van der Waals surface area contributed by atoms with E-state index in [0.717, 1.165) is 25.3 Å². The topological polar surface area (TPSA) is 47.1 Å². The molecule has 15 heavy (non-hydrogen) atoms. The molecular weight excluding hydrogens is 188 g/mol. The summed E-state index contributed by atoms with van der Waals surface area (Å²) in [6, 6.07) is 0. The zero-order valence-electron chi connectivity index (χ0n) is 10.0. The van der Waals surface area contributed by atoms with E-state index < -0.39 is 0 Å². The van der Waals surface area contributed by atoms with Crippen LogP contribution >= 0.6 is 0 Å². The molecular formula is C11H20N4. The van der Waals surface area contributed by atoms with Gasteiger partial charge in [-0.15, -0.1) is 0 Å². The molecule has 4 nitrogen and oxygen atoms in total. The van der Waals surface area contributed by atoms with Crippen LogP contribution < -0.4 is 5.73 Å². The van der Waals surface area contributed by atoms with Crippen molar-refractivity contribution in [2.45, 2.75) is 39.3 Å². The van der Waals surface area contributed by atoms with Crippen molar-refractivity contribution in [3.05, 3.63) is 11.3 Å². The monoisotopic (exact) mass is 208 g/mol. The SMILES string of the molecule is CN1CCc2nn(C(C)(C)C)c(N)c2C1. The van der Waals surface area contributed by atoms with Crippen molar-refractivity contribution >= 4 is 5.82 Å². The number of nitrogens with zero attached hydrogens (tertiary/aromatic N) is 3. The fourth-order valence-corrected chi connectivity index (χ4v) is 2.04. The predicted octanol–water partition coefficient (Wildman–Crippen LogP) is 1.21. The molecule has 2 N–H and O–H groups in total. The maximum atomic E-state index is 6.15. The van der Waals surface area contributed by atoms with E-state index in [2.05, 4.69) is 37.8 Å². The van der Waals surface area contributed by atoms with Crippen LogP contribution in [0, 0.1) is 0 Å². The smallest absolute Gasteiger partial charge is 0.127 e. The van der Waals surface area contributed by atoms with E-state index in [9.17, 15) is 0 Å². The molecule has 0 spiro atoms. The van der Waals surface area contributed by atoms with Gasteiger partial charge < -0.3 is 10.6 Å². The minimum Gasteiger partial charge on any atom is -0.384 e. The summed E-state index contributed by atoms with van der Waals surface area (Å²) >= 11 is 0. The number of rotatable bonds is 0. The van der Waals surface area contributed by atoms with Crippen LogP contribution in [0.15, 0.2) is 0 Å². The lowest BCUT2D eigenvalue weighted by atomic mass is 10.1. The average molecular weight is 208 g/mol. The molecule has 0 unspecified atom stereocenters. The van der Waals surface area contributed by atoms with Crippen LogP contribution in [-0.4, -0.2) is 28.3 Å². The first-order valence-electron chi connectivity index (χ1n) is 5.45. The summed E-state index contributed by atoms with van der Waals surface area (Å²) in [6.07, 6.45) is 1.01. The van der Waals surface area contributed by atoms with E-state index >= 15 is 0 Å². The van der Waals surface area contributed by atoms with Gasteiger partial charge in [0, 0.05) is 25.1 Å². The maximum absolute atomic E-state index is 6.15. The van der Waals surface area contributed by atoms with Crippen molar-refractivity contribution in [3.63, 3.8) is 0 Å². The summed E-state index contributed by atoms with van der Waals surface area (Å²) in [4.78, 5) is 2.29. The molecule has 1 aliphatic rings. The van der Waals surface area contributed by atoms with Crippen molar-refractivity contribution in [2.75, 3.05) is 19.3 Å². The highest BCUT2D eigenvalue weighted by Crippen LogP contribution is 2.27. The first-order chi connectivity index (χ1) is 6.89. The Hall–Kier alpha value is -1.03. The van der Waals surface area contributed by atoms with Gasteiger partial charge >= 0.3 is 0 Å². The van der Waals surface area contributed by atoms with Gasteiger partial charge in [-0.05, 0) is 27.8 Å². The molecule has 0 radical (unpaired) electrons. The summed E-state index contributed by atoms with van der Waals surface area (Å²) in [5.74, 6) is 0.837. The zero-order chi connectivity index (χ0) is 11.2. The Labute approximate surface area is 91.1 Å². The molecule has 84 valence electrons. The Balaban J connectivity index is 2.46. The number of hydrogen-bond donors (Lipinski definition) is 1. The lowest BCUT2D eigenvalue weighted by Crippen LogP contribution is -2.26. The Kier molecular flexibility index (Phi) is 2.26. The normalized spacial score (nSPS) is 17.9. The Morgan fingerprint density at radius 1 is 1.33 bits per heavy atom. The first kappa shape index (κ1) is 10.5. The highest BCUT2D eigenvalue weighted by molar-refractivity contribution is 5.45. The second-order valence-corrected chi connectivity index (χ2v) is 5.38. The van der Waals surface area contributed by atoms with E-state index in [1.54, 1.807) is 0 Å². The third kappa shape index (κ3) is 1.74. The lowest BCUT2D eigenvalue weighted by molar-refractivity contribution is 0.311. The van der Waals surface area contributed by atoms with E-state index in [-0.39, 0.29) is 5.54 Å². The molecule has 0 amide bonds. The van der Waals surface area contributed by atoms with Crippen LogP contribution in [0.2, 0.25) is 0 Å². The van der Waals surface area contributed by atoms with Gasteiger partial charge in [0.1, 0.15) is 5.82 Å². The van der Waals surface area contributed by atoms with Crippen LogP contribution in [0.5, 0.6) is 0 Å². The van der Waals surface area contributed by atoms with Gasteiger partial charge in [0.05, 0.1) is 11.2 Å². The molecule has 0 aromatic carbocycles. The molecule has 2 rings (SSSR count). The number of anilines is 1. The highest BCUT2D eigenvalue weighted by Gasteiger charge is 2.25. The zero-order valence-corrected chi connectivity index (χ0v) is 10.0. The van der Waals surface area contributed by atoms with Crippen molar-refractivity contribution < 1.29 is 0 Å². The number of nitrogens with two attached hydrogens (primary N) is 1. The second-order valence-electron chi connectivity index (χ2n) is 5.38. The van der Waals surface area contributed by atoms with Crippen LogP contribution in [0.1, 0.15) is 32.0 Å². The average Bonchev–Trinajstić information content (AvgIpc) is 2.43. The quantitative estimate of drug-likeness (QED) is 0.697. The number of aromatic nitrogens is 2. The van der Waals surface area contributed by atoms with Gasteiger partial charge in [-0.1, -0.05) is 0 Å². The summed E-state index contributed by atoms with van der Waals surface area (Å²) in [5, 5.41) is 4.62. The summed E-state index contributed by atoms with van der Waals surface area (Å²) in [6.45, 7) is 8.40. The van der Waals surface area contributed by atoms with E-state index in [1.165, 1.54) is 11.3 Å². The molecule has 2 heterocycles. The van der Waals surface area contributed by atoms with Crippen molar-refractivity contribution in [1.82, 2.24) is 14.7 Å². The lowest BCUT2D eigenvalue weighted by Gasteiger charge is -2.22. The molecule has 4 heteroatoms. The number of nitrogen functional groups attached to an aromatic ring is 1. The fourth-order valence-electron chi connectivity index (χ4n) is 2.04. The molecule has 0 saturated carbocycles. The maximum Gasteiger partial charge on any atom is 0.127 e. The van der Waals surface area contributed by atoms with E-state index in [0.29, 0.717) is 0 Å². The number of likely N-dealkylation sites (N-methyl/N-ethyl adjacent to an activating group) is 1. The third-order valence-electron chi connectivity index (χ3n) is 2.90. The van der Waals surface area contributed by atoms with Crippen molar-refractivity contribution in [1.29, 1.82) is 0 Å². The molecule has 1 aromatic rings. The number of hydrogen-bond acceptors (Lipinski definition) is 3. The largest absolute Gasteiger partial charge is 0.384 e. The highest BCUT2D eigenvalue weighted by atomic mass is 15.4. The third-order valence-corrected chi connectivity index (χ3v) is 2.90. The molecule has 0 aliphatic carbocycles. The van der Waals surface area contributed by atoms with Crippen molar-refractivity contribution in [3.8, 4) is 0 Å². The summed E-state index contributed by atoms with van der Waals surface area (Å²) in [7, 11) is 2.12. The van der Waals surface area contributed by atoms with Crippen LogP contribution in [0.3, 0.4) is 0 Å². The standard InChI is InChI=1S/C11H20N4/c1-11(2,3)15-10(12)8-7-14(4)6-5-9(8)13-15/h5-7,12H2,1-4H3. The predicted molar refractivity (Wildman–Crippen MR) is 61.7 cm³/mol. The molecule has 0 fully saturated rings. The summed E-state index contributed by atoms with van der Waals surface area (Å²) < 4.78 is 1.96. The Morgan fingerprint density at radius 3 is 2.60 bits per heavy atom. The van der Waals surface area contributed by atoms with Gasteiger partial charge in [-0.2, -0.15) is 5.10 Å². The van der Waals surface area contributed by atoms with Gasteiger partial charge in [-0.3, -0.25) is 0 Å². The van der Waals surface area contributed by atoms with Crippen LogP contribution in [0.25, 0.3) is 0 Å². The molecule has 0 bridgehead atoms. The Bertz CT molecular complexity index is 373. The Morgan fingerprint density at radius 2 is 2.00 bits per heavy atom. The van der Waals surface area contributed by atoms with Gasteiger partial charge in [-0.25, -0.2) is 4.68 Å². The van der Waals surface area contributed by atoms with E-state index in [1.807, 2.05) is 4.68 Å². The van der Waals surface area contributed by atoms with Crippen LogP contribution in [0.4, 0.5) is 5.82 Å². The van der Waals surface area contributed by atoms with Crippen molar-refractivity contribution in [2.24, 2.45) is 0 Å². The molecule has 0 saturated heterocycles. The second kappa shape index (κ2) is 3.23. The van der Waals surface area contributed by atoms with Gasteiger partial charge in [0.15, 0.2) is 0 Å². The van der Waals surface area contributed by atoms with Gasteiger partial charge in [0.2, 0.25) is 0 Å². The molecule has 1 aliphatic heterocycles. The minimum atomic E-state index is -0.0278. The summed E-state index contributed by atoms with van der Waals surface area (Å²) in [5.41, 5.74) is 8.52. The number of fused-ring (bicyclic) bond motifs is 1. The van der Waals surface area contributed by atoms with Crippen LogP contribution in [-0.2, 0) is 18.5 Å². The van der Waals surface area contributed by atoms with E-state index in [4.69, 9.17) is 5.73 Å². The first-order valence-corrected chi connectivity index (χ1v) is 5.45.